The van der Waals surface area contributed by atoms with E-state index in [4.69, 9.17) is 0 Å². The molecular formula is C10H13N5OS. The van der Waals surface area contributed by atoms with Crippen molar-refractivity contribution in [2.75, 3.05) is 0 Å². The van der Waals surface area contributed by atoms with Crippen molar-refractivity contribution in [3.8, 4) is 0 Å². The summed E-state index contributed by atoms with van der Waals surface area (Å²) in [4.78, 5) is 21.1. The average molecular weight is 251 g/mol. The molecule has 2 heterocycles. The minimum absolute atomic E-state index is 0.139. The Hall–Kier alpha value is -1.76. The number of aryl methyl sites for hydroxylation is 2. The van der Waals surface area contributed by atoms with Crippen LogP contribution in [0.2, 0.25) is 0 Å². The van der Waals surface area contributed by atoms with E-state index in [1.54, 1.807) is 24.5 Å². The maximum Gasteiger partial charge on any atom is 0.291 e. The van der Waals surface area contributed by atoms with Gasteiger partial charge in [-0.15, -0.1) is 16.4 Å². The van der Waals surface area contributed by atoms with Crippen LogP contribution < -0.4 is 5.32 Å². The van der Waals surface area contributed by atoms with Crippen molar-refractivity contribution in [2.45, 2.75) is 26.8 Å². The fourth-order valence-electron chi connectivity index (χ4n) is 1.34. The number of nitrogens with zero attached hydrogens (tertiary/aromatic N) is 3. The van der Waals surface area contributed by atoms with E-state index < -0.39 is 0 Å². The summed E-state index contributed by atoms with van der Waals surface area (Å²) in [7, 11) is 0. The Labute approximate surface area is 103 Å². The SMILES string of the molecule is Cc1nc(C(=O)NC(C)c2ncc(C)s2)n[nH]1. The van der Waals surface area contributed by atoms with E-state index in [9.17, 15) is 4.79 Å². The van der Waals surface area contributed by atoms with Crippen molar-refractivity contribution in [1.29, 1.82) is 0 Å². The highest BCUT2D eigenvalue weighted by Gasteiger charge is 2.16. The van der Waals surface area contributed by atoms with Crippen LogP contribution in [0.1, 0.15) is 39.3 Å². The molecule has 0 spiro atoms. The number of carbonyl (C=O) groups excluding carboxylic acids is 1. The number of aromatic nitrogens is 4. The number of nitrogens with one attached hydrogen (secondary N) is 2. The molecule has 17 heavy (non-hydrogen) atoms. The fourth-order valence-corrected chi connectivity index (χ4v) is 2.12. The summed E-state index contributed by atoms with van der Waals surface area (Å²) in [6, 6.07) is -0.139. The molecule has 7 heteroatoms. The molecule has 0 radical (unpaired) electrons. The maximum absolute atomic E-state index is 11.8. The molecular weight excluding hydrogens is 238 g/mol. The van der Waals surface area contributed by atoms with Gasteiger partial charge in [0.05, 0.1) is 6.04 Å². The monoisotopic (exact) mass is 251 g/mol. The summed E-state index contributed by atoms with van der Waals surface area (Å²) in [6.45, 7) is 5.61. The molecule has 0 aliphatic rings. The molecule has 2 aromatic heterocycles. The fraction of sp³-hybridized carbons (Fsp3) is 0.400. The van der Waals surface area contributed by atoms with Gasteiger partial charge in [0.1, 0.15) is 10.8 Å². The molecule has 0 fully saturated rings. The zero-order chi connectivity index (χ0) is 12.4. The van der Waals surface area contributed by atoms with Crippen LogP contribution in [-0.4, -0.2) is 26.1 Å². The average Bonchev–Trinajstić information content (AvgIpc) is 2.87. The minimum atomic E-state index is -0.297. The summed E-state index contributed by atoms with van der Waals surface area (Å²) in [5, 5.41) is 10.1. The van der Waals surface area contributed by atoms with Gasteiger partial charge in [0.2, 0.25) is 5.82 Å². The number of H-pyrrole nitrogens is 1. The van der Waals surface area contributed by atoms with E-state index >= 15 is 0 Å². The number of amides is 1. The molecule has 0 aliphatic carbocycles. The number of aromatic amines is 1. The Morgan fingerprint density at radius 2 is 2.29 bits per heavy atom. The van der Waals surface area contributed by atoms with Gasteiger partial charge in [-0.2, -0.15) is 0 Å². The quantitative estimate of drug-likeness (QED) is 0.863. The molecule has 0 aromatic carbocycles. The summed E-state index contributed by atoms with van der Waals surface area (Å²) < 4.78 is 0. The smallest absolute Gasteiger partial charge is 0.291 e. The van der Waals surface area contributed by atoms with E-state index in [-0.39, 0.29) is 17.8 Å². The van der Waals surface area contributed by atoms with Crippen LogP contribution >= 0.6 is 11.3 Å². The summed E-state index contributed by atoms with van der Waals surface area (Å²) in [5.74, 6) is 0.477. The Kier molecular flexibility index (Phi) is 3.19. The first-order valence-corrected chi connectivity index (χ1v) is 6.00. The zero-order valence-corrected chi connectivity index (χ0v) is 10.6. The van der Waals surface area contributed by atoms with Crippen LogP contribution in [-0.2, 0) is 0 Å². The van der Waals surface area contributed by atoms with E-state index in [0.29, 0.717) is 5.82 Å². The van der Waals surface area contributed by atoms with Crippen LogP contribution in [0, 0.1) is 13.8 Å². The number of rotatable bonds is 3. The van der Waals surface area contributed by atoms with Gasteiger partial charge in [-0.1, -0.05) is 0 Å². The van der Waals surface area contributed by atoms with Crippen LogP contribution in [0.5, 0.6) is 0 Å². The third-order valence-electron chi connectivity index (χ3n) is 2.16. The van der Waals surface area contributed by atoms with Gasteiger partial charge in [-0.3, -0.25) is 9.89 Å². The first-order chi connectivity index (χ1) is 8.06. The second kappa shape index (κ2) is 4.62. The Morgan fingerprint density at radius 3 is 2.82 bits per heavy atom. The van der Waals surface area contributed by atoms with Gasteiger partial charge in [-0.05, 0) is 20.8 Å². The molecule has 1 amide bonds. The van der Waals surface area contributed by atoms with Gasteiger partial charge < -0.3 is 5.32 Å². The molecule has 0 aliphatic heterocycles. The molecule has 0 saturated carbocycles. The lowest BCUT2D eigenvalue weighted by Gasteiger charge is -2.08. The largest absolute Gasteiger partial charge is 0.340 e. The maximum atomic E-state index is 11.8. The Balaban J connectivity index is 2.04. The minimum Gasteiger partial charge on any atom is -0.340 e. The van der Waals surface area contributed by atoms with Gasteiger partial charge >= 0.3 is 0 Å². The first kappa shape index (κ1) is 11.7. The van der Waals surface area contributed by atoms with Gasteiger partial charge in [0.15, 0.2) is 0 Å². The van der Waals surface area contributed by atoms with E-state index in [2.05, 4.69) is 25.5 Å². The van der Waals surface area contributed by atoms with Crippen molar-refractivity contribution in [3.05, 3.63) is 27.7 Å². The van der Waals surface area contributed by atoms with E-state index in [1.165, 1.54) is 0 Å². The van der Waals surface area contributed by atoms with Crippen molar-refractivity contribution >= 4 is 17.2 Å². The number of hydrogen-bond donors (Lipinski definition) is 2. The zero-order valence-electron chi connectivity index (χ0n) is 9.81. The molecule has 1 unspecified atom stereocenters. The Morgan fingerprint density at radius 1 is 1.53 bits per heavy atom. The standard InChI is InChI=1S/C10H13N5OS/c1-5-4-11-10(17-5)6(2)12-9(16)8-13-7(3)14-15-8/h4,6H,1-3H3,(H,12,16)(H,13,14,15). The molecule has 2 aromatic rings. The van der Waals surface area contributed by atoms with Gasteiger partial charge in [0.25, 0.3) is 5.91 Å². The summed E-state index contributed by atoms with van der Waals surface area (Å²) in [5.41, 5.74) is 0. The highest BCUT2D eigenvalue weighted by atomic mass is 32.1. The number of thiazole rings is 1. The number of hydrogen-bond acceptors (Lipinski definition) is 5. The first-order valence-electron chi connectivity index (χ1n) is 5.18. The topological polar surface area (TPSA) is 83.6 Å². The normalized spacial score (nSPS) is 12.4. The lowest BCUT2D eigenvalue weighted by atomic mass is 10.3. The highest BCUT2D eigenvalue weighted by molar-refractivity contribution is 7.11. The molecule has 0 bridgehead atoms. The number of carbonyl (C=O) groups is 1. The second-order valence-electron chi connectivity index (χ2n) is 3.75. The van der Waals surface area contributed by atoms with Crippen molar-refractivity contribution in [2.24, 2.45) is 0 Å². The highest BCUT2D eigenvalue weighted by Crippen LogP contribution is 2.18. The molecule has 1 atom stereocenters. The van der Waals surface area contributed by atoms with Crippen molar-refractivity contribution in [3.63, 3.8) is 0 Å². The molecule has 90 valence electrons. The molecule has 2 rings (SSSR count). The summed E-state index contributed by atoms with van der Waals surface area (Å²) in [6.07, 6.45) is 1.79. The van der Waals surface area contributed by atoms with Gasteiger partial charge in [0, 0.05) is 11.1 Å². The third-order valence-corrected chi connectivity index (χ3v) is 3.25. The predicted octanol–water partition coefficient (Wildman–Crippen LogP) is 1.37. The molecule has 2 N–H and O–H groups in total. The van der Waals surface area contributed by atoms with Gasteiger partial charge in [-0.25, -0.2) is 9.97 Å². The Bertz CT molecular complexity index is 532. The van der Waals surface area contributed by atoms with Crippen molar-refractivity contribution < 1.29 is 4.79 Å². The van der Waals surface area contributed by atoms with E-state index in [0.717, 1.165) is 9.88 Å². The van der Waals surface area contributed by atoms with Crippen LogP contribution in [0.25, 0.3) is 0 Å². The van der Waals surface area contributed by atoms with Crippen LogP contribution in [0.15, 0.2) is 6.20 Å². The van der Waals surface area contributed by atoms with Crippen LogP contribution in [0.4, 0.5) is 0 Å². The lowest BCUT2D eigenvalue weighted by Crippen LogP contribution is -2.27. The second-order valence-corrected chi connectivity index (χ2v) is 5.02. The summed E-state index contributed by atoms with van der Waals surface area (Å²) >= 11 is 1.56. The van der Waals surface area contributed by atoms with E-state index in [1.807, 2.05) is 13.8 Å². The molecule has 0 saturated heterocycles. The molecule has 6 nitrogen and oxygen atoms in total. The van der Waals surface area contributed by atoms with Crippen LogP contribution in [0.3, 0.4) is 0 Å². The third kappa shape index (κ3) is 2.68. The lowest BCUT2D eigenvalue weighted by molar-refractivity contribution is 0.0929. The van der Waals surface area contributed by atoms with Crippen molar-refractivity contribution in [1.82, 2.24) is 25.5 Å². The predicted molar refractivity (Wildman–Crippen MR) is 63.9 cm³/mol.